The molecule has 9 heteroatoms. The molecule has 1 aromatic carbocycles. The molecule has 0 saturated carbocycles. The summed E-state index contributed by atoms with van der Waals surface area (Å²) >= 11 is 0. The van der Waals surface area contributed by atoms with Gasteiger partial charge in [0.2, 0.25) is 5.95 Å². The van der Waals surface area contributed by atoms with Crippen LogP contribution in [0.2, 0.25) is 0 Å². The van der Waals surface area contributed by atoms with E-state index >= 15 is 0 Å². The van der Waals surface area contributed by atoms with E-state index in [4.69, 9.17) is 0 Å². The molecule has 3 N–H and O–H groups in total. The third kappa shape index (κ3) is 3.73. The first-order valence-electron chi connectivity index (χ1n) is 6.98. The summed E-state index contributed by atoms with van der Waals surface area (Å²) in [5.41, 5.74) is 6.00. The van der Waals surface area contributed by atoms with Crippen LogP contribution in [0.25, 0.3) is 0 Å². The molecule has 0 aliphatic rings. The predicted octanol–water partition coefficient (Wildman–Crippen LogP) is 2.91. The van der Waals surface area contributed by atoms with Gasteiger partial charge in [-0.15, -0.1) is 0 Å². The van der Waals surface area contributed by atoms with Crippen molar-refractivity contribution in [1.82, 2.24) is 15.4 Å². The second-order valence-electron chi connectivity index (χ2n) is 5.03. The Hall–Kier alpha value is -2.84. The van der Waals surface area contributed by atoms with Gasteiger partial charge in [0, 0.05) is 18.8 Å². The van der Waals surface area contributed by atoms with Crippen molar-refractivity contribution < 1.29 is 18.0 Å². The highest BCUT2D eigenvalue weighted by atomic mass is 19.4. The summed E-state index contributed by atoms with van der Waals surface area (Å²) in [6.07, 6.45) is -3.93. The molecule has 2 aromatic rings. The topological polar surface area (TPSA) is 78.9 Å². The van der Waals surface area contributed by atoms with Crippen LogP contribution in [-0.4, -0.2) is 22.9 Å². The molecule has 0 aliphatic carbocycles. The Kier molecular flexibility index (Phi) is 4.91. The molecule has 1 amide bonds. The lowest BCUT2D eigenvalue weighted by Crippen LogP contribution is -2.31. The quantitative estimate of drug-likeness (QED) is 0.747. The lowest BCUT2D eigenvalue weighted by Gasteiger charge is -2.14. The third-order valence-corrected chi connectivity index (χ3v) is 3.47. The van der Waals surface area contributed by atoms with Crippen LogP contribution in [0.1, 0.15) is 27.0 Å². The minimum absolute atomic E-state index is 0.161. The summed E-state index contributed by atoms with van der Waals surface area (Å²) in [5, 5.41) is 2.35. The Bertz CT molecular complexity index is 761. The van der Waals surface area contributed by atoms with E-state index in [0.717, 1.165) is 11.1 Å². The van der Waals surface area contributed by atoms with Crippen molar-refractivity contribution in [2.75, 3.05) is 17.8 Å². The molecular weight excluding hydrogens is 323 g/mol. The molecule has 0 atom stereocenters. The zero-order valence-electron chi connectivity index (χ0n) is 13.2. The number of anilines is 2. The maximum Gasteiger partial charge on any atom is 0.421 e. The maximum atomic E-state index is 12.8. The molecule has 0 radical (unpaired) electrons. The van der Waals surface area contributed by atoms with Crippen molar-refractivity contribution in [3.05, 3.63) is 46.6 Å². The second-order valence-corrected chi connectivity index (χ2v) is 5.03. The highest BCUT2D eigenvalue weighted by Gasteiger charge is 2.35. The van der Waals surface area contributed by atoms with Crippen molar-refractivity contribution in [2.45, 2.75) is 20.0 Å². The van der Waals surface area contributed by atoms with Crippen molar-refractivity contribution >= 4 is 17.7 Å². The van der Waals surface area contributed by atoms with Crippen LogP contribution in [-0.2, 0) is 6.18 Å². The molecule has 128 valence electrons. The van der Waals surface area contributed by atoms with Crippen LogP contribution in [0.4, 0.5) is 24.9 Å². The van der Waals surface area contributed by atoms with Crippen molar-refractivity contribution in [3.63, 3.8) is 0 Å². The van der Waals surface area contributed by atoms with E-state index in [1.165, 1.54) is 7.05 Å². The van der Waals surface area contributed by atoms with E-state index in [1.807, 2.05) is 13.0 Å². The number of hydrazine groups is 1. The Morgan fingerprint density at radius 2 is 1.92 bits per heavy atom. The second kappa shape index (κ2) is 6.73. The summed E-state index contributed by atoms with van der Waals surface area (Å²) < 4.78 is 38.3. The Labute approximate surface area is 136 Å². The number of aryl methyl sites for hydroxylation is 1. The minimum atomic E-state index is -4.57. The van der Waals surface area contributed by atoms with Crippen molar-refractivity contribution in [1.29, 1.82) is 0 Å². The van der Waals surface area contributed by atoms with Gasteiger partial charge in [-0.3, -0.25) is 15.6 Å². The van der Waals surface area contributed by atoms with Crippen LogP contribution in [0.3, 0.4) is 0 Å². The van der Waals surface area contributed by atoms with Crippen LogP contribution in [0.5, 0.6) is 0 Å². The van der Waals surface area contributed by atoms with Gasteiger partial charge in [0.1, 0.15) is 11.4 Å². The van der Waals surface area contributed by atoms with Crippen LogP contribution in [0.15, 0.2) is 24.4 Å². The zero-order valence-corrected chi connectivity index (χ0v) is 13.2. The summed E-state index contributed by atoms with van der Waals surface area (Å²) in [4.78, 5) is 19.4. The number of amides is 1. The van der Waals surface area contributed by atoms with E-state index in [9.17, 15) is 18.0 Å². The number of nitrogens with one attached hydrogen (secondary N) is 3. The average Bonchev–Trinajstić information content (AvgIpc) is 2.54. The van der Waals surface area contributed by atoms with Crippen molar-refractivity contribution in [3.8, 4) is 0 Å². The molecule has 0 bridgehead atoms. The molecule has 1 heterocycles. The van der Waals surface area contributed by atoms with E-state index in [2.05, 4.69) is 26.1 Å². The number of rotatable bonds is 4. The number of carbonyl (C=O) groups is 1. The van der Waals surface area contributed by atoms with Gasteiger partial charge in [0.15, 0.2) is 0 Å². The molecule has 0 fully saturated rings. The fourth-order valence-corrected chi connectivity index (χ4v) is 2.02. The van der Waals surface area contributed by atoms with E-state index in [1.54, 1.807) is 19.1 Å². The predicted molar refractivity (Wildman–Crippen MR) is 83.6 cm³/mol. The average molecular weight is 339 g/mol. The molecule has 0 unspecified atom stereocenters. The highest BCUT2D eigenvalue weighted by Crippen LogP contribution is 2.33. The number of hydrogen-bond acceptors (Lipinski definition) is 5. The maximum absolute atomic E-state index is 12.8. The number of hydrogen-bond donors (Lipinski definition) is 3. The number of benzene rings is 1. The minimum Gasteiger partial charge on any atom is -0.372 e. The smallest absolute Gasteiger partial charge is 0.372 e. The first-order chi connectivity index (χ1) is 11.2. The van der Waals surface area contributed by atoms with Gasteiger partial charge in [0.25, 0.3) is 5.91 Å². The third-order valence-electron chi connectivity index (χ3n) is 3.47. The molecule has 6 nitrogen and oxygen atoms in total. The molecule has 0 spiro atoms. The van der Waals surface area contributed by atoms with Gasteiger partial charge in [-0.2, -0.15) is 18.2 Å². The molecule has 2 rings (SSSR count). The Balaban J connectivity index is 2.15. The SMILES string of the molecule is CNc1nc(NNC(=O)c2cccc(C)c2C)ncc1C(F)(F)F. The van der Waals surface area contributed by atoms with Crippen LogP contribution >= 0.6 is 0 Å². The van der Waals surface area contributed by atoms with Crippen molar-refractivity contribution in [2.24, 2.45) is 0 Å². The molecule has 0 saturated heterocycles. The van der Waals surface area contributed by atoms with Gasteiger partial charge >= 0.3 is 6.18 Å². The Morgan fingerprint density at radius 1 is 1.21 bits per heavy atom. The number of aromatic nitrogens is 2. The van der Waals surface area contributed by atoms with E-state index < -0.39 is 17.6 Å². The lowest BCUT2D eigenvalue weighted by atomic mass is 10.0. The largest absolute Gasteiger partial charge is 0.421 e. The first kappa shape index (κ1) is 17.5. The summed E-state index contributed by atoms with van der Waals surface area (Å²) in [6.45, 7) is 3.68. The monoisotopic (exact) mass is 339 g/mol. The molecular formula is C15H16F3N5O. The number of halogens is 3. The van der Waals surface area contributed by atoms with Gasteiger partial charge in [-0.05, 0) is 31.0 Å². The molecule has 1 aromatic heterocycles. The summed E-state index contributed by atoms with van der Waals surface area (Å²) in [7, 11) is 1.32. The number of nitrogens with zero attached hydrogens (tertiary/aromatic N) is 2. The summed E-state index contributed by atoms with van der Waals surface area (Å²) in [5.74, 6) is -0.988. The highest BCUT2D eigenvalue weighted by molar-refractivity contribution is 5.96. The normalized spacial score (nSPS) is 11.1. The lowest BCUT2D eigenvalue weighted by molar-refractivity contribution is -0.137. The number of carbonyl (C=O) groups excluding carboxylic acids is 1. The molecule has 24 heavy (non-hydrogen) atoms. The Morgan fingerprint density at radius 3 is 2.54 bits per heavy atom. The zero-order chi connectivity index (χ0) is 17.9. The van der Waals surface area contributed by atoms with Crippen LogP contribution in [0, 0.1) is 13.8 Å². The molecule has 0 aliphatic heterocycles. The first-order valence-corrected chi connectivity index (χ1v) is 6.98. The van der Waals surface area contributed by atoms with E-state index in [0.29, 0.717) is 11.8 Å². The van der Waals surface area contributed by atoms with Gasteiger partial charge in [-0.1, -0.05) is 12.1 Å². The van der Waals surface area contributed by atoms with E-state index in [-0.39, 0.29) is 11.8 Å². The van der Waals surface area contributed by atoms with Gasteiger partial charge < -0.3 is 5.32 Å². The van der Waals surface area contributed by atoms with Crippen LogP contribution < -0.4 is 16.2 Å². The standard InChI is InChI=1S/C15H16F3N5O/c1-8-5-4-6-10(9(8)2)13(24)22-23-14-20-7-11(15(16,17)18)12(19-3)21-14/h4-7H,1-3H3,(H,22,24)(H2,19,20,21,23). The summed E-state index contributed by atoms with van der Waals surface area (Å²) in [6, 6.07) is 5.26. The fraction of sp³-hybridized carbons (Fsp3) is 0.267. The van der Waals surface area contributed by atoms with Gasteiger partial charge in [0.05, 0.1) is 0 Å². The van der Waals surface area contributed by atoms with Gasteiger partial charge in [-0.25, -0.2) is 4.98 Å². The number of alkyl halides is 3. The fourth-order valence-electron chi connectivity index (χ4n) is 2.02.